The number of carbonyl (C=O) groups excluding carboxylic acids is 1. The van der Waals surface area contributed by atoms with E-state index < -0.39 is 0 Å². The van der Waals surface area contributed by atoms with Crippen LogP contribution in [0.5, 0.6) is 0 Å². The maximum absolute atomic E-state index is 12.0. The van der Waals surface area contributed by atoms with Crippen LogP contribution in [0, 0.1) is 0 Å². The summed E-state index contributed by atoms with van der Waals surface area (Å²) in [5, 5.41) is 2.95. The largest absolute Gasteiger partial charge is 0.350 e. The molecule has 1 aromatic rings. The molecule has 3 nitrogen and oxygen atoms in total. The molecule has 0 bridgehead atoms. The zero-order valence-corrected chi connectivity index (χ0v) is 12.2. The summed E-state index contributed by atoms with van der Waals surface area (Å²) in [7, 11) is 4.00. The fraction of sp³-hybridized carbons (Fsp3) is 0.500. The topological polar surface area (TPSA) is 32.3 Å². The molecule has 0 aliphatic rings. The molecule has 1 aromatic carbocycles. The van der Waals surface area contributed by atoms with Gasteiger partial charge in [0.05, 0.1) is 0 Å². The summed E-state index contributed by atoms with van der Waals surface area (Å²) in [4.78, 5) is 14.1. The lowest BCUT2D eigenvalue weighted by Gasteiger charge is -2.32. The molecule has 0 aliphatic heterocycles. The van der Waals surface area contributed by atoms with Gasteiger partial charge in [-0.1, -0.05) is 12.1 Å². The molecule has 0 unspecified atom stereocenters. The van der Waals surface area contributed by atoms with Crippen LogP contribution in [0.3, 0.4) is 0 Å². The molecule has 0 saturated heterocycles. The molecule has 0 radical (unpaired) electrons. The van der Waals surface area contributed by atoms with E-state index in [-0.39, 0.29) is 11.4 Å². The lowest BCUT2D eigenvalue weighted by Crippen LogP contribution is -2.48. The highest BCUT2D eigenvalue weighted by molar-refractivity contribution is 6.17. The van der Waals surface area contributed by atoms with Crippen molar-refractivity contribution in [1.29, 1.82) is 0 Å². The van der Waals surface area contributed by atoms with Crippen LogP contribution in [0.15, 0.2) is 24.3 Å². The van der Waals surface area contributed by atoms with Gasteiger partial charge >= 0.3 is 0 Å². The summed E-state index contributed by atoms with van der Waals surface area (Å²) in [5.41, 5.74) is 1.54. The normalized spacial score (nSPS) is 11.7. The number of carbonyl (C=O) groups is 1. The van der Waals surface area contributed by atoms with Crippen LogP contribution in [0.25, 0.3) is 0 Å². The highest BCUT2D eigenvalue weighted by Gasteiger charge is 2.21. The van der Waals surface area contributed by atoms with Crippen molar-refractivity contribution in [3.05, 3.63) is 35.4 Å². The van der Waals surface area contributed by atoms with Crippen LogP contribution in [0.4, 0.5) is 0 Å². The van der Waals surface area contributed by atoms with Crippen molar-refractivity contribution in [1.82, 2.24) is 10.2 Å². The van der Waals surface area contributed by atoms with Gasteiger partial charge in [0.25, 0.3) is 5.91 Å². The third kappa shape index (κ3) is 4.00. The molecule has 18 heavy (non-hydrogen) atoms. The van der Waals surface area contributed by atoms with Gasteiger partial charge < -0.3 is 10.2 Å². The van der Waals surface area contributed by atoms with Crippen molar-refractivity contribution in [3.63, 3.8) is 0 Å². The number of benzene rings is 1. The Morgan fingerprint density at radius 2 is 2.06 bits per heavy atom. The molecule has 1 N–H and O–H groups in total. The second kappa shape index (κ2) is 6.21. The summed E-state index contributed by atoms with van der Waals surface area (Å²) < 4.78 is 0. The fourth-order valence-corrected chi connectivity index (χ4v) is 1.52. The molecule has 0 heterocycles. The van der Waals surface area contributed by atoms with Gasteiger partial charge in [-0.05, 0) is 45.6 Å². The zero-order valence-electron chi connectivity index (χ0n) is 11.5. The van der Waals surface area contributed by atoms with E-state index in [4.69, 9.17) is 11.6 Å². The minimum atomic E-state index is -0.0697. The van der Waals surface area contributed by atoms with E-state index in [9.17, 15) is 4.79 Å². The van der Waals surface area contributed by atoms with Crippen molar-refractivity contribution in [2.24, 2.45) is 0 Å². The summed E-state index contributed by atoms with van der Waals surface area (Å²) in [6, 6.07) is 7.39. The van der Waals surface area contributed by atoms with E-state index in [1.165, 1.54) is 0 Å². The number of nitrogens with one attached hydrogen (secondary N) is 1. The molecule has 4 heteroatoms. The van der Waals surface area contributed by atoms with Crippen LogP contribution < -0.4 is 5.32 Å². The summed E-state index contributed by atoms with van der Waals surface area (Å²) >= 11 is 5.76. The van der Waals surface area contributed by atoms with Gasteiger partial charge in [-0.15, -0.1) is 11.6 Å². The van der Waals surface area contributed by atoms with E-state index in [1.54, 1.807) is 6.07 Å². The number of rotatable bonds is 5. The summed E-state index contributed by atoms with van der Waals surface area (Å²) in [6.45, 7) is 4.77. The average molecular weight is 269 g/mol. The summed E-state index contributed by atoms with van der Waals surface area (Å²) in [5.74, 6) is 0.363. The number of alkyl halides is 1. The molecular weight excluding hydrogens is 248 g/mol. The molecule has 1 amide bonds. The number of amides is 1. The Kier molecular flexibility index (Phi) is 5.17. The molecule has 0 aromatic heterocycles. The number of hydrogen-bond acceptors (Lipinski definition) is 2. The van der Waals surface area contributed by atoms with E-state index in [1.807, 2.05) is 32.3 Å². The summed E-state index contributed by atoms with van der Waals surface area (Å²) in [6.07, 6.45) is 0. The van der Waals surface area contributed by atoms with Crippen molar-refractivity contribution in [2.75, 3.05) is 20.6 Å². The van der Waals surface area contributed by atoms with Crippen LogP contribution in [0.1, 0.15) is 29.8 Å². The highest BCUT2D eigenvalue weighted by Crippen LogP contribution is 2.10. The average Bonchev–Trinajstić information content (AvgIpc) is 2.36. The minimum Gasteiger partial charge on any atom is -0.350 e. The van der Waals surface area contributed by atoms with Crippen LogP contribution >= 0.6 is 11.6 Å². The number of halogens is 1. The maximum Gasteiger partial charge on any atom is 0.251 e. The SMILES string of the molecule is CN(C)C(C)(C)CNC(=O)c1cccc(CCl)c1. The first kappa shape index (κ1) is 15.0. The highest BCUT2D eigenvalue weighted by atomic mass is 35.5. The zero-order chi connectivity index (χ0) is 13.8. The molecular formula is C14H21ClN2O. The third-order valence-corrected chi connectivity index (χ3v) is 3.54. The third-order valence-electron chi connectivity index (χ3n) is 3.24. The van der Waals surface area contributed by atoms with Crippen LogP contribution in [-0.2, 0) is 5.88 Å². The lowest BCUT2D eigenvalue weighted by molar-refractivity contribution is 0.0919. The van der Waals surface area contributed by atoms with Gasteiger partial charge in [0.1, 0.15) is 0 Å². The molecule has 0 fully saturated rings. The first-order valence-electron chi connectivity index (χ1n) is 5.97. The number of nitrogens with zero attached hydrogens (tertiary/aromatic N) is 1. The molecule has 0 spiro atoms. The first-order chi connectivity index (χ1) is 8.36. The Bertz CT molecular complexity index is 416. The smallest absolute Gasteiger partial charge is 0.251 e. The van der Waals surface area contributed by atoms with Gasteiger partial charge in [-0.3, -0.25) is 4.79 Å². The standard InChI is InChI=1S/C14H21ClN2O/c1-14(2,17(3)4)10-16-13(18)12-7-5-6-11(8-12)9-15/h5-8H,9-10H2,1-4H3,(H,16,18). The second-order valence-electron chi connectivity index (χ2n) is 5.22. The Morgan fingerprint density at radius 3 is 2.61 bits per heavy atom. The number of likely N-dealkylation sites (N-methyl/N-ethyl adjacent to an activating group) is 1. The van der Waals surface area contributed by atoms with Gasteiger partial charge in [0.2, 0.25) is 0 Å². The molecule has 0 aliphatic carbocycles. The van der Waals surface area contributed by atoms with Crippen molar-refractivity contribution < 1.29 is 4.79 Å². The molecule has 100 valence electrons. The maximum atomic E-state index is 12.0. The van der Waals surface area contributed by atoms with E-state index >= 15 is 0 Å². The Labute approximate surface area is 114 Å². The van der Waals surface area contributed by atoms with Crippen LogP contribution in [-0.4, -0.2) is 37.0 Å². The fourth-order valence-electron chi connectivity index (χ4n) is 1.35. The lowest BCUT2D eigenvalue weighted by atomic mass is 10.0. The minimum absolute atomic E-state index is 0.0584. The van der Waals surface area contributed by atoms with E-state index in [0.29, 0.717) is 18.0 Å². The quantitative estimate of drug-likeness (QED) is 0.833. The molecule has 0 saturated carbocycles. The Balaban J connectivity index is 2.66. The predicted molar refractivity (Wildman–Crippen MR) is 76.1 cm³/mol. The second-order valence-corrected chi connectivity index (χ2v) is 5.49. The van der Waals surface area contributed by atoms with E-state index in [0.717, 1.165) is 5.56 Å². The van der Waals surface area contributed by atoms with Gasteiger partial charge in [0.15, 0.2) is 0 Å². The van der Waals surface area contributed by atoms with Gasteiger partial charge in [-0.25, -0.2) is 0 Å². The van der Waals surface area contributed by atoms with E-state index in [2.05, 4.69) is 24.1 Å². The first-order valence-corrected chi connectivity index (χ1v) is 6.51. The Morgan fingerprint density at radius 1 is 1.39 bits per heavy atom. The van der Waals surface area contributed by atoms with Crippen LogP contribution in [0.2, 0.25) is 0 Å². The predicted octanol–water partition coefficient (Wildman–Crippen LogP) is 2.50. The van der Waals surface area contributed by atoms with Crippen molar-refractivity contribution in [3.8, 4) is 0 Å². The van der Waals surface area contributed by atoms with Gasteiger partial charge in [-0.2, -0.15) is 0 Å². The molecule has 1 rings (SSSR count). The van der Waals surface area contributed by atoms with Gasteiger partial charge in [0, 0.05) is 23.5 Å². The van der Waals surface area contributed by atoms with Crippen molar-refractivity contribution in [2.45, 2.75) is 25.3 Å². The van der Waals surface area contributed by atoms with Crippen molar-refractivity contribution >= 4 is 17.5 Å². The molecule has 0 atom stereocenters. The monoisotopic (exact) mass is 268 g/mol. The number of hydrogen-bond donors (Lipinski definition) is 1. The Hall–Kier alpha value is -1.06.